The Morgan fingerprint density at radius 3 is 2.68 bits per heavy atom. The molecule has 1 saturated carbocycles. The van der Waals surface area contributed by atoms with Gasteiger partial charge in [0.15, 0.2) is 5.65 Å². The number of hydrogen-bond acceptors (Lipinski definition) is 7. The van der Waals surface area contributed by atoms with E-state index in [1.165, 1.54) is 12.1 Å². The average molecular weight is 550 g/mol. The van der Waals surface area contributed by atoms with E-state index in [2.05, 4.69) is 22.5 Å². The van der Waals surface area contributed by atoms with Gasteiger partial charge in [0, 0.05) is 29.1 Å². The fourth-order valence-electron chi connectivity index (χ4n) is 5.17. The molecule has 4 N–H and O–H groups in total. The third-order valence-corrected chi connectivity index (χ3v) is 8.17. The lowest BCUT2D eigenvalue weighted by Crippen LogP contribution is -2.38. The van der Waals surface area contributed by atoms with Gasteiger partial charge in [-0.05, 0) is 50.2 Å². The van der Waals surface area contributed by atoms with Gasteiger partial charge in [0.05, 0.1) is 23.5 Å². The van der Waals surface area contributed by atoms with Gasteiger partial charge in [-0.15, -0.1) is 0 Å². The number of halogens is 3. The molecule has 1 aromatic carbocycles. The Morgan fingerprint density at radius 2 is 2.00 bits per heavy atom. The number of primary amides is 1. The van der Waals surface area contributed by atoms with Crippen LogP contribution in [0, 0.1) is 17.2 Å². The average Bonchev–Trinajstić information content (AvgIpc) is 3.20. The Morgan fingerprint density at radius 1 is 1.24 bits per heavy atom. The van der Waals surface area contributed by atoms with Crippen LogP contribution in [0.4, 0.5) is 22.0 Å². The van der Waals surface area contributed by atoms with Crippen molar-refractivity contribution in [2.24, 2.45) is 17.1 Å². The van der Waals surface area contributed by atoms with Crippen molar-refractivity contribution >= 4 is 57.9 Å². The first-order chi connectivity index (χ1) is 17.6. The van der Waals surface area contributed by atoms with Crippen LogP contribution in [-0.2, 0) is 9.53 Å². The molecule has 0 bridgehead atoms. The van der Waals surface area contributed by atoms with Crippen molar-refractivity contribution in [1.29, 1.82) is 0 Å². The maximum atomic E-state index is 14.8. The van der Waals surface area contributed by atoms with E-state index in [9.17, 15) is 9.18 Å². The van der Waals surface area contributed by atoms with E-state index in [0.29, 0.717) is 67.9 Å². The number of nitrogens with one attached hydrogen (secondary N) is 2. The predicted octanol–water partition coefficient (Wildman–Crippen LogP) is 5.46. The number of amides is 1. The number of benzene rings is 1. The van der Waals surface area contributed by atoms with Crippen molar-refractivity contribution in [3.63, 3.8) is 0 Å². The summed E-state index contributed by atoms with van der Waals surface area (Å²) in [7, 11) is 0. The molecule has 0 unspecified atom stereocenters. The van der Waals surface area contributed by atoms with Gasteiger partial charge < -0.3 is 21.1 Å². The Kier molecular flexibility index (Phi) is 7.17. The first-order valence-corrected chi connectivity index (χ1v) is 13.2. The molecule has 3 heterocycles. The molecular formula is C25H30Cl2FN7O2. The van der Waals surface area contributed by atoms with Gasteiger partial charge >= 0.3 is 0 Å². The minimum atomic E-state index is -0.594. The number of carbonyl (C=O) groups is 1. The van der Waals surface area contributed by atoms with Crippen molar-refractivity contribution in [3.8, 4) is 0 Å². The summed E-state index contributed by atoms with van der Waals surface area (Å²) < 4.78 is 22.3. The minimum absolute atomic E-state index is 0.0428. The van der Waals surface area contributed by atoms with Crippen molar-refractivity contribution in [3.05, 3.63) is 34.2 Å². The molecule has 0 spiro atoms. The number of ether oxygens (including phenoxy) is 1. The summed E-state index contributed by atoms with van der Waals surface area (Å²) in [4.78, 5) is 26.0. The molecule has 5 rings (SSSR count). The summed E-state index contributed by atoms with van der Waals surface area (Å²) in [6.07, 6.45) is 5.13. The molecular weight excluding hydrogens is 520 g/mol. The summed E-state index contributed by atoms with van der Waals surface area (Å²) in [6.45, 7) is 5.40. The van der Waals surface area contributed by atoms with Gasteiger partial charge in [0.1, 0.15) is 11.3 Å². The zero-order valence-electron chi connectivity index (χ0n) is 20.7. The van der Waals surface area contributed by atoms with E-state index in [-0.39, 0.29) is 33.7 Å². The van der Waals surface area contributed by atoms with Crippen molar-refractivity contribution in [2.75, 3.05) is 23.8 Å². The van der Waals surface area contributed by atoms with E-state index in [0.717, 1.165) is 6.42 Å². The van der Waals surface area contributed by atoms with Crippen molar-refractivity contribution < 1.29 is 13.9 Å². The third-order valence-electron chi connectivity index (χ3n) is 7.65. The molecule has 198 valence electrons. The lowest BCUT2D eigenvalue weighted by atomic mass is 9.73. The van der Waals surface area contributed by atoms with Gasteiger partial charge in [-0.3, -0.25) is 9.36 Å². The number of carbonyl (C=O) groups excluding carboxylic acids is 1. The van der Waals surface area contributed by atoms with E-state index in [1.54, 1.807) is 6.20 Å². The molecule has 3 aromatic rings. The molecule has 0 radical (unpaired) electrons. The van der Waals surface area contributed by atoms with Crippen LogP contribution in [0.3, 0.4) is 0 Å². The summed E-state index contributed by atoms with van der Waals surface area (Å²) in [5.41, 5.74) is 6.35. The van der Waals surface area contributed by atoms with Gasteiger partial charge in [0.2, 0.25) is 17.8 Å². The molecule has 2 aromatic heterocycles. The van der Waals surface area contributed by atoms with Gasteiger partial charge in [-0.1, -0.05) is 37.0 Å². The van der Waals surface area contributed by atoms with Crippen LogP contribution >= 0.6 is 23.2 Å². The molecule has 1 aliphatic heterocycles. The first kappa shape index (κ1) is 25.9. The van der Waals surface area contributed by atoms with Crippen LogP contribution in [0.1, 0.15) is 52.0 Å². The number of anilines is 3. The number of nitrogens with two attached hydrogens (primary N) is 1. The van der Waals surface area contributed by atoms with Crippen LogP contribution in [-0.4, -0.2) is 44.7 Å². The van der Waals surface area contributed by atoms with E-state index >= 15 is 0 Å². The predicted molar refractivity (Wildman–Crippen MR) is 142 cm³/mol. The van der Waals surface area contributed by atoms with E-state index < -0.39 is 11.2 Å². The third kappa shape index (κ3) is 5.19. The topological polar surface area (TPSA) is 120 Å². The Labute approximate surface area is 224 Å². The number of rotatable bonds is 6. The van der Waals surface area contributed by atoms with Crippen LogP contribution in [0.5, 0.6) is 0 Å². The number of hydrogen-bond donors (Lipinski definition) is 3. The lowest BCUT2D eigenvalue weighted by molar-refractivity contribution is -0.128. The van der Waals surface area contributed by atoms with Crippen molar-refractivity contribution in [1.82, 2.24) is 19.5 Å². The number of imidazole rings is 1. The maximum absolute atomic E-state index is 14.8. The quantitative estimate of drug-likeness (QED) is 0.373. The highest BCUT2D eigenvalue weighted by Crippen LogP contribution is 2.43. The largest absolute Gasteiger partial charge is 0.381 e. The Balaban J connectivity index is 1.54. The number of fused-ring (bicyclic) bond motifs is 1. The lowest BCUT2D eigenvalue weighted by Gasteiger charge is -2.35. The molecule has 2 aliphatic rings. The highest BCUT2D eigenvalue weighted by atomic mass is 35.5. The molecule has 9 nitrogen and oxygen atoms in total. The van der Waals surface area contributed by atoms with E-state index in [4.69, 9.17) is 43.6 Å². The fraction of sp³-hybridized carbons (Fsp3) is 0.520. The van der Waals surface area contributed by atoms with Crippen LogP contribution in [0.25, 0.3) is 11.2 Å². The normalized spacial score (nSPS) is 26.2. The summed E-state index contributed by atoms with van der Waals surface area (Å²) in [5.74, 6) is 0.302. The number of aromatic nitrogens is 4. The molecule has 1 saturated heterocycles. The van der Waals surface area contributed by atoms with Crippen molar-refractivity contribution in [2.45, 2.75) is 58.0 Å². The fourth-order valence-corrected chi connectivity index (χ4v) is 5.69. The van der Waals surface area contributed by atoms with E-state index in [1.807, 2.05) is 11.5 Å². The van der Waals surface area contributed by atoms with Crippen LogP contribution < -0.4 is 16.4 Å². The second kappa shape index (κ2) is 10.2. The molecule has 37 heavy (non-hydrogen) atoms. The zero-order valence-corrected chi connectivity index (χ0v) is 22.2. The van der Waals surface area contributed by atoms with Gasteiger partial charge in [0.25, 0.3) is 0 Å². The van der Waals surface area contributed by atoms with Gasteiger partial charge in [-0.2, -0.15) is 4.98 Å². The molecule has 2 atom stereocenters. The second-order valence-corrected chi connectivity index (χ2v) is 11.2. The number of nitrogens with zero attached hydrogens (tertiary/aromatic N) is 4. The standard InChI is InChI=1S/C25H30Cl2FN7O2/c1-13-12-37-8-5-18(13)31-23-30-11-19-21(34-23)35(15-3-6-25(2,7-4-15)22(29)36)24(32-19)33-20-16(27)9-14(26)10-17(20)28/h9-11,13,15,18H,3-8,12H2,1-2H3,(H2,29,36)(H,32,33)(H,30,31,34)/t13-,15?,18-,25?/m1/s1. The monoisotopic (exact) mass is 549 g/mol. The summed E-state index contributed by atoms with van der Waals surface area (Å²) in [5, 5.41) is 6.84. The van der Waals surface area contributed by atoms with Gasteiger partial charge in [-0.25, -0.2) is 14.4 Å². The molecule has 1 aliphatic carbocycles. The SMILES string of the molecule is C[C@@H]1COCC[C@H]1Nc1ncc2nc(Nc3c(F)cc(Cl)cc3Cl)n(C3CCC(C)(C(N)=O)CC3)c2n1. The highest BCUT2D eigenvalue weighted by Gasteiger charge is 2.38. The zero-order chi connectivity index (χ0) is 26.3. The van der Waals surface area contributed by atoms with Crippen LogP contribution in [0.2, 0.25) is 10.0 Å². The Hall–Kier alpha value is -2.69. The summed E-state index contributed by atoms with van der Waals surface area (Å²) >= 11 is 12.3. The summed E-state index contributed by atoms with van der Waals surface area (Å²) in [6, 6.07) is 2.81. The maximum Gasteiger partial charge on any atom is 0.224 e. The first-order valence-electron chi connectivity index (χ1n) is 12.5. The Bertz CT molecular complexity index is 1300. The molecule has 2 fully saturated rings. The highest BCUT2D eigenvalue weighted by molar-refractivity contribution is 6.36. The van der Waals surface area contributed by atoms with Crippen LogP contribution in [0.15, 0.2) is 18.3 Å². The smallest absolute Gasteiger partial charge is 0.224 e. The molecule has 1 amide bonds. The second-order valence-electron chi connectivity index (χ2n) is 10.3. The minimum Gasteiger partial charge on any atom is -0.381 e. The molecule has 12 heteroatoms.